The highest BCUT2D eigenvalue weighted by molar-refractivity contribution is 5.87. The van der Waals surface area contributed by atoms with Crippen molar-refractivity contribution < 1.29 is 18.7 Å². The van der Waals surface area contributed by atoms with E-state index in [2.05, 4.69) is 25.9 Å². The summed E-state index contributed by atoms with van der Waals surface area (Å²) in [5.41, 5.74) is 1.44. The van der Waals surface area contributed by atoms with E-state index in [1.807, 2.05) is 36.2 Å². The number of hydrogen-bond acceptors (Lipinski definition) is 8. The number of piperazine rings is 1. The second-order valence-corrected chi connectivity index (χ2v) is 10.6. The average Bonchev–Trinajstić information content (AvgIpc) is 3.55. The number of nitrogens with one attached hydrogen (secondary N) is 3. The highest BCUT2D eigenvalue weighted by Crippen LogP contribution is 2.24. The quantitative estimate of drug-likeness (QED) is 0.333. The average molecular weight is 550 g/mol. The first-order valence-electron chi connectivity index (χ1n) is 13.0. The lowest BCUT2D eigenvalue weighted by molar-refractivity contribution is -0.134. The molecule has 0 spiro atoms. The molecule has 0 saturated carbocycles. The van der Waals surface area contributed by atoms with Crippen LogP contribution in [0, 0.1) is 12.7 Å². The van der Waals surface area contributed by atoms with E-state index in [0.29, 0.717) is 49.3 Å². The van der Waals surface area contributed by atoms with Gasteiger partial charge >= 0.3 is 6.09 Å². The minimum atomic E-state index is -1.03. The van der Waals surface area contributed by atoms with E-state index in [1.54, 1.807) is 30.2 Å². The van der Waals surface area contributed by atoms with Crippen LogP contribution in [0.5, 0.6) is 0 Å². The van der Waals surface area contributed by atoms with Crippen LogP contribution in [0.3, 0.4) is 0 Å². The number of ether oxygens (including phenoxy) is 1. The lowest BCUT2D eigenvalue weighted by Crippen LogP contribution is -2.53. The smallest absolute Gasteiger partial charge is 0.408 e. The fourth-order valence-corrected chi connectivity index (χ4v) is 4.43. The van der Waals surface area contributed by atoms with Gasteiger partial charge in [0.1, 0.15) is 23.0 Å². The summed E-state index contributed by atoms with van der Waals surface area (Å²) in [5, 5.41) is 17.7. The Bertz CT molecular complexity index is 1500. The van der Waals surface area contributed by atoms with Gasteiger partial charge in [0.05, 0.1) is 0 Å². The Morgan fingerprint density at radius 3 is 2.48 bits per heavy atom. The highest BCUT2D eigenvalue weighted by Gasteiger charge is 2.32. The SMILES string of the molecule is Cc1cc(Nc2nc(N3CCN(C(=O)[C@@H](NC(=O)OC(C)(C)C)c4ccc(F)cc4)CC3)nn3cccc23)n[nH]1. The van der Waals surface area contributed by atoms with Gasteiger partial charge in [-0.05, 0) is 57.5 Å². The van der Waals surface area contributed by atoms with Crippen LogP contribution >= 0.6 is 0 Å². The molecule has 210 valence electrons. The lowest BCUT2D eigenvalue weighted by atomic mass is 10.0. The second kappa shape index (κ2) is 10.8. The van der Waals surface area contributed by atoms with Gasteiger partial charge in [0.2, 0.25) is 11.9 Å². The van der Waals surface area contributed by atoms with Crippen LogP contribution in [-0.2, 0) is 9.53 Å². The summed E-state index contributed by atoms with van der Waals surface area (Å²) in [7, 11) is 0. The maximum atomic E-state index is 13.6. The van der Waals surface area contributed by atoms with E-state index >= 15 is 0 Å². The molecular weight excluding hydrogens is 517 g/mol. The van der Waals surface area contributed by atoms with Crippen molar-refractivity contribution in [3.63, 3.8) is 0 Å². The number of fused-ring (bicyclic) bond motifs is 1. The zero-order chi connectivity index (χ0) is 28.4. The zero-order valence-corrected chi connectivity index (χ0v) is 22.8. The third kappa shape index (κ3) is 6.14. The van der Waals surface area contributed by atoms with Crippen LogP contribution in [0.15, 0.2) is 48.7 Å². The number of amides is 2. The Hall–Kier alpha value is -4.68. The van der Waals surface area contributed by atoms with Crippen LogP contribution in [0.1, 0.15) is 38.1 Å². The van der Waals surface area contributed by atoms with Crippen molar-refractivity contribution in [2.24, 2.45) is 0 Å². The van der Waals surface area contributed by atoms with Gasteiger partial charge in [-0.1, -0.05) is 12.1 Å². The van der Waals surface area contributed by atoms with Crippen molar-refractivity contribution in [1.82, 2.24) is 35.0 Å². The second-order valence-electron chi connectivity index (χ2n) is 10.6. The van der Waals surface area contributed by atoms with E-state index in [9.17, 15) is 14.0 Å². The van der Waals surface area contributed by atoms with Crippen molar-refractivity contribution in [2.75, 3.05) is 36.4 Å². The summed E-state index contributed by atoms with van der Waals surface area (Å²) >= 11 is 0. The third-order valence-corrected chi connectivity index (χ3v) is 6.32. The molecule has 1 aliphatic rings. The van der Waals surface area contributed by atoms with Gasteiger partial charge in [0, 0.05) is 44.1 Å². The standard InChI is InChI=1S/C27H32FN9O3/c1-17-16-21(33-32-17)29-23-20-6-5-11-37(20)34-25(31-23)36-14-12-35(13-15-36)24(38)22(18-7-9-19(28)10-8-18)30-26(39)40-27(2,3)4/h5-11,16,22H,12-15H2,1-4H3,(H,30,39)(H2,29,31,32,33,34)/t22-/m0/s1. The van der Waals surface area contributed by atoms with Gasteiger partial charge in [-0.2, -0.15) is 10.1 Å². The van der Waals surface area contributed by atoms with Gasteiger partial charge in [0.25, 0.3) is 0 Å². The molecule has 4 aromatic rings. The largest absolute Gasteiger partial charge is 0.444 e. The Kier molecular flexibility index (Phi) is 7.28. The molecule has 0 radical (unpaired) electrons. The van der Waals surface area contributed by atoms with Crippen molar-refractivity contribution in [3.05, 3.63) is 65.7 Å². The summed E-state index contributed by atoms with van der Waals surface area (Å²) in [6, 6.07) is 10.1. The van der Waals surface area contributed by atoms with Crippen molar-refractivity contribution in [2.45, 2.75) is 39.3 Å². The molecule has 1 fully saturated rings. The first kappa shape index (κ1) is 26.9. The van der Waals surface area contributed by atoms with E-state index in [1.165, 1.54) is 24.3 Å². The summed E-state index contributed by atoms with van der Waals surface area (Å²) < 4.78 is 20.7. The van der Waals surface area contributed by atoms with Gasteiger partial charge in [0.15, 0.2) is 11.6 Å². The molecule has 3 N–H and O–H groups in total. The van der Waals surface area contributed by atoms with Crippen LogP contribution in [-0.4, -0.2) is 73.5 Å². The van der Waals surface area contributed by atoms with E-state index < -0.39 is 23.6 Å². The molecule has 1 aliphatic heterocycles. The van der Waals surface area contributed by atoms with Gasteiger partial charge in [-0.3, -0.25) is 9.89 Å². The molecule has 1 atom stereocenters. The number of halogens is 1. The van der Waals surface area contributed by atoms with E-state index in [-0.39, 0.29) is 5.91 Å². The van der Waals surface area contributed by atoms with Crippen molar-refractivity contribution >= 4 is 35.1 Å². The molecule has 5 rings (SSSR count). The van der Waals surface area contributed by atoms with Crippen molar-refractivity contribution in [3.8, 4) is 0 Å². The number of alkyl carbamates (subject to hydrolysis) is 1. The number of rotatable bonds is 6. The molecule has 0 unspecified atom stereocenters. The Balaban J connectivity index is 1.31. The predicted octanol–water partition coefficient (Wildman–Crippen LogP) is 3.56. The number of benzene rings is 1. The number of aryl methyl sites for hydroxylation is 1. The minimum absolute atomic E-state index is 0.310. The summed E-state index contributed by atoms with van der Waals surface area (Å²) in [5.74, 6) is 1.02. The number of anilines is 3. The molecule has 1 saturated heterocycles. The Morgan fingerprint density at radius 2 is 1.82 bits per heavy atom. The molecule has 1 aromatic carbocycles. The van der Waals surface area contributed by atoms with Crippen LogP contribution in [0.2, 0.25) is 0 Å². The highest BCUT2D eigenvalue weighted by atomic mass is 19.1. The molecule has 40 heavy (non-hydrogen) atoms. The maximum Gasteiger partial charge on any atom is 0.408 e. The first-order chi connectivity index (χ1) is 19.1. The fourth-order valence-electron chi connectivity index (χ4n) is 4.43. The number of aromatic amines is 1. The van der Waals surface area contributed by atoms with Gasteiger partial charge in [-0.25, -0.2) is 13.7 Å². The summed E-state index contributed by atoms with van der Waals surface area (Å²) in [6.07, 6.45) is 1.12. The normalized spacial score (nSPS) is 14.7. The van der Waals surface area contributed by atoms with Gasteiger partial charge < -0.3 is 25.2 Å². The monoisotopic (exact) mass is 549 g/mol. The van der Waals surface area contributed by atoms with Gasteiger partial charge in [-0.15, -0.1) is 5.10 Å². The molecule has 4 heterocycles. The Morgan fingerprint density at radius 1 is 1.10 bits per heavy atom. The molecule has 0 bridgehead atoms. The molecule has 2 amide bonds. The van der Waals surface area contributed by atoms with Crippen LogP contribution in [0.4, 0.5) is 26.8 Å². The first-order valence-corrected chi connectivity index (χ1v) is 13.0. The number of hydrogen-bond donors (Lipinski definition) is 3. The van der Waals surface area contributed by atoms with Crippen molar-refractivity contribution in [1.29, 1.82) is 0 Å². The molecule has 13 heteroatoms. The maximum absolute atomic E-state index is 13.6. The van der Waals surface area contributed by atoms with E-state index in [0.717, 1.165) is 11.2 Å². The number of nitrogens with zero attached hydrogens (tertiary/aromatic N) is 6. The number of H-pyrrole nitrogens is 1. The summed E-state index contributed by atoms with van der Waals surface area (Å²) in [4.78, 5) is 34.6. The lowest BCUT2D eigenvalue weighted by Gasteiger charge is -2.36. The fraction of sp³-hybridized carbons (Fsp3) is 0.370. The molecule has 0 aliphatic carbocycles. The number of carbonyl (C=O) groups excluding carboxylic acids is 2. The molecule has 12 nitrogen and oxygen atoms in total. The molecular formula is C27H32FN9O3. The predicted molar refractivity (Wildman–Crippen MR) is 147 cm³/mol. The van der Waals surface area contributed by atoms with E-state index in [4.69, 9.17) is 9.72 Å². The topological polar surface area (TPSA) is 133 Å². The van der Waals surface area contributed by atoms with Crippen LogP contribution < -0.4 is 15.5 Å². The summed E-state index contributed by atoms with van der Waals surface area (Å²) in [6.45, 7) is 8.84. The Labute approximate surface area is 230 Å². The number of aromatic nitrogens is 5. The minimum Gasteiger partial charge on any atom is -0.444 e. The third-order valence-electron chi connectivity index (χ3n) is 6.32. The molecule has 3 aromatic heterocycles. The zero-order valence-electron chi connectivity index (χ0n) is 22.8. The number of carbonyl (C=O) groups is 2. The van der Waals surface area contributed by atoms with Crippen LogP contribution in [0.25, 0.3) is 5.52 Å².